The van der Waals surface area contributed by atoms with E-state index < -0.39 is 11.1 Å². The second-order valence-electron chi connectivity index (χ2n) is 8.08. The quantitative estimate of drug-likeness (QED) is 0.365. The zero-order chi connectivity index (χ0) is 23.4. The molecule has 0 saturated heterocycles. The Bertz CT molecular complexity index is 1560. The van der Waals surface area contributed by atoms with Crippen molar-refractivity contribution < 1.29 is 4.92 Å². The van der Waals surface area contributed by atoms with Gasteiger partial charge in [0.25, 0.3) is 5.69 Å². The third-order valence-corrected chi connectivity index (χ3v) is 6.01. The zero-order valence-corrected chi connectivity index (χ0v) is 18.0. The molecule has 0 bridgehead atoms. The Morgan fingerprint density at radius 2 is 1.76 bits per heavy atom. The van der Waals surface area contributed by atoms with Gasteiger partial charge in [-0.3, -0.25) is 19.8 Å². The van der Waals surface area contributed by atoms with Crippen molar-refractivity contribution in [3.8, 4) is 5.69 Å². The first-order valence-corrected chi connectivity index (χ1v) is 10.7. The van der Waals surface area contributed by atoms with E-state index in [2.05, 4.69) is 10.4 Å². The van der Waals surface area contributed by atoms with Gasteiger partial charge in [0.2, 0.25) is 5.43 Å². The Balaban J connectivity index is 1.68. The van der Waals surface area contributed by atoms with Gasteiger partial charge >= 0.3 is 0 Å². The predicted molar refractivity (Wildman–Crippen MR) is 129 cm³/mol. The number of benzene rings is 3. The van der Waals surface area contributed by atoms with Crippen molar-refractivity contribution in [1.82, 2.24) is 9.78 Å². The molecule has 0 saturated carbocycles. The maximum atomic E-state index is 13.4. The van der Waals surface area contributed by atoms with Crippen LogP contribution < -0.4 is 15.6 Å². The van der Waals surface area contributed by atoms with Crippen LogP contribution in [0.4, 0.5) is 22.9 Å². The van der Waals surface area contributed by atoms with Gasteiger partial charge in [0, 0.05) is 17.7 Å². The molecule has 0 radical (unpaired) electrons. The maximum absolute atomic E-state index is 13.4. The number of nitro benzene ring substituents is 1. The summed E-state index contributed by atoms with van der Waals surface area (Å²) in [5.41, 5.74) is 3.60. The number of para-hydroxylation sites is 3. The van der Waals surface area contributed by atoms with Crippen molar-refractivity contribution in [3.63, 3.8) is 0 Å². The molecule has 4 aromatic rings. The van der Waals surface area contributed by atoms with Crippen LogP contribution in [0.25, 0.3) is 5.69 Å². The molecule has 6 rings (SSSR count). The van der Waals surface area contributed by atoms with Gasteiger partial charge in [-0.15, -0.1) is 0 Å². The first-order chi connectivity index (χ1) is 16.5. The smallest absolute Gasteiger partial charge is 0.270 e. The fourth-order valence-electron chi connectivity index (χ4n) is 4.47. The average molecular weight is 450 g/mol. The fraction of sp³-hybridized carbons (Fsp3) is 0.0800. The summed E-state index contributed by atoms with van der Waals surface area (Å²) < 4.78 is 1.66. The average Bonchev–Trinajstić information content (AvgIpc) is 3.25. The lowest BCUT2D eigenvalue weighted by molar-refractivity contribution is -0.384. The molecular formula is C25H18N6O3. The maximum Gasteiger partial charge on any atom is 0.270 e. The van der Waals surface area contributed by atoms with Crippen LogP contribution >= 0.6 is 0 Å². The van der Waals surface area contributed by atoms with Crippen molar-refractivity contribution in [2.45, 2.75) is 13.1 Å². The summed E-state index contributed by atoms with van der Waals surface area (Å²) in [6, 6.07) is 23.5. The molecule has 34 heavy (non-hydrogen) atoms. The minimum atomic E-state index is -0.539. The Labute approximate surface area is 193 Å². The number of anilines is 2. The predicted octanol–water partition coefficient (Wildman–Crippen LogP) is 4.47. The van der Waals surface area contributed by atoms with E-state index in [4.69, 9.17) is 4.99 Å². The topological polar surface area (TPSA) is 106 Å². The highest BCUT2D eigenvalue weighted by atomic mass is 16.6. The molecule has 0 aliphatic carbocycles. The molecule has 9 heteroatoms. The van der Waals surface area contributed by atoms with Crippen LogP contribution in [0.15, 0.2) is 88.6 Å². The monoisotopic (exact) mass is 450 g/mol. The summed E-state index contributed by atoms with van der Waals surface area (Å²) in [5.74, 6) is 0.887. The number of hydrogen-bond donors (Lipinski definition) is 1. The second kappa shape index (κ2) is 7.38. The molecule has 0 fully saturated rings. The molecule has 1 unspecified atom stereocenters. The van der Waals surface area contributed by atoms with E-state index in [0.717, 1.165) is 17.1 Å². The largest absolute Gasteiger partial charge is 0.359 e. The molecule has 2 aliphatic heterocycles. The Morgan fingerprint density at radius 1 is 1.00 bits per heavy atom. The minimum Gasteiger partial charge on any atom is -0.359 e. The molecule has 2 aliphatic rings. The SMILES string of the molecule is Cc1nn(-c2ccccc2)c2c(c1=O)C1Nc3ccccc3N1C(c1cccc([N+](=O)[O-])c1)=N2. The van der Waals surface area contributed by atoms with Crippen molar-refractivity contribution >= 4 is 28.7 Å². The van der Waals surface area contributed by atoms with Crippen LogP contribution in [0.1, 0.15) is 23.0 Å². The third kappa shape index (κ3) is 2.91. The van der Waals surface area contributed by atoms with Gasteiger partial charge in [0.15, 0.2) is 5.82 Å². The van der Waals surface area contributed by atoms with Crippen LogP contribution in [0.3, 0.4) is 0 Å². The molecule has 1 N–H and O–H groups in total. The van der Waals surface area contributed by atoms with E-state index in [9.17, 15) is 14.9 Å². The van der Waals surface area contributed by atoms with Crippen molar-refractivity contribution in [3.05, 3.63) is 116 Å². The van der Waals surface area contributed by atoms with Gasteiger partial charge in [0.1, 0.15) is 17.7 Å². The number of aromatic nitrogens is 2. The van der Waals surface area contributed by atoms with Gasteiger partial charge < -0.3 is 5.32 Å². The molecular weight excluding hydrogens is 432 g/mol. The van der Waals surface area contributed by atoms with E-state index in [1.807, 2.05) is 59.5 Å². The number of non-ortho nitro benzene ring substituents is 1. The van der Waals surface area contributed by atoms with Gasteiger partial charge in [-0.25, -0.2) is 9.67 Å². The molecule has 166 valence electrons. The number of nitrogens with zero attached hydrogens (tertiary/aromatic N) is 5. The molecule has 3 aromatic carbocycles. The number of rotatable bonds is 3. The number of fused-ring (bicyclic) bond motifs is 5. The Hall–Kier alpha value is -4.79. The van der Waals surface area contributed by atoms with Crippen LogP contribution in [0, 0.1) is 17.0 Å². The fourth-order valence-corrected chi connectivity index (χ4v) is 4.47. The van der Waals surface area contributed by atoms with Crippen LogP contribution in [-0.4, -0.2) is 20.5 Å². The van der Waals surface area contributed by atoms with Gasteiger partial charge in [-0.2, -0.15) is 5.10 Å². The van der Waals surface area contributed by atoms with Gasteiger partial charge in [-0.05, 0) is 31.2 Å². The van der Waals surface area contributed by atoms with Crippen molar-refractivity contribution in [2.75, 3.05) is 10.2 Å². The standard InChI is InChI=1S/C25H18N6O3/c1-15-22(32)21-24-26-19-12-5-6-13-20(19)29(24)23(16-8-7-11-18(14-16)31(33)34)27-25(21)30(28-15)17-9-3-2-4-10-17/h2-14,24,26H,1H3. The van der Waals surface area contributed by atoms with Gasteiger partial charge in [0.05, 0.1) is 27.5 Å². The summed E-state index contributed by atoms with van der Waals surface area (Å²) in [4.78, 5) is 31.3. The lowest BCUT2D eigenvalue weighted by Gasteiger charge is -2.33. The van der Waals surface area contributed by atoms with Gasteiger partial charge in [-0.1, -0.05) is 42.5 Å². The molecule has 1 aromatic heterocycles. The third-order valence-electron chi connectivity index (χ3n) is 6.01. The minimum absolute atomic E-state index is 0.0366. The van der Waals surface area contributed by atoms with Crippen molar-refractivity contribution in [1.29, 1.82) is 0 Å². The second-order valence-corrected chi connectivity index (χ2v) is 8.08. The van der Waals surface area contributed by atoms with Crippen LogP contribution in [-0.2, 0) is 0 Å². The highest BCUT2D eigenvalue weighted by Gasteiger charge is 2.41. The summed E-state index contributed by atoms with van der Waals surface area (Å²) in [6.07, 6.45) is -0.539. The lowest BCUT2D eigenvalue weighted by Crippen LogP contribution is -2.41. The lowest BCUT2D eigenvalue weighted by atomic mass is 10.1. The van der Waals surface area contributed by atoms with Crippen molar-refractivity contribution in [2.24, 2.45) is 4.99 Å². The highest BCUT2D eigenvalue weighted by molar-refractivity contribution is 6.15. The van der Waals surface area contributed by atoms with Crippen LogP contribution in [0.2, 0.25) is 0 Å². The number of nitrogens with one attached hydrogen (secondary N) is 1. The van der Waals surface area contributed by atoms with E-state index in [0.29, 0.717) is 28.5 Å². The summed E-state index contributed by atoms with van der Waals surface area (Å²) >= 11 is 0. The number of hydrogen-bond acceptors (Lipinski definition) is 7. The summed E-state index contributed by atoms with van der Waals surface area (Å²) in [5, 5.41) is 19.4. The molecule has 0 spiro atoms. The number of amidine groups is 1. The first-order valence-electron chi connectivity index (χ1n) is 10.7. The van der Waals surface area contributed by atoms with E-state index >= 15 is 0 Å². The summed E-state index contributed by atoms with van der Waals surface area (Å²) in [6.45, 7) is 1.69. The molecule has 1 atom stereocenters. The molecule has 3 heterocycles. The summed E-state index contributed by atoms with van der Waals surface area (Å²) in [7, 11) is 0. The number of nitro groups is 1. The van der Waals surface area contributed by atoms with E-state index in [1.165, 1.54) is 12.1 Å². The first kappa shape index (κ1) is 19.9. The number of aryl methyl sites for hydroxylation is 1. The highest BCUT2D eigenvalue weighted by Crippen LogP contribution is 2.46. The van der Waals surface area contributed by atoms with E-state index in [-0.39, 0.29) is 11.1 Å². The zero-order valence-electron chi connectivity index (χ0n) is 18.0. The molecule has 0 amide bonds. The molecule has 9 nitrogen and oxygen atoms in total. The number of aliphatic imine (C=N–C) groups is 1. The van der Waals surface area contributed by atoms with Crippen LogP contribution in [0.5, 0.6) is 0 Å². The Morgan fingerprint density at radius 3 is 2.56 bits per heavy atom. The van der Waals surface area contributed by atoms with E-state index in [1.54, 1.807) is 23.7 Å². The Kier molecular flexibility index (Phi) is 4.31. The normalized spacial score (nSPS) is 15.6.